The van der Waals surface area contributed by atoms with E-state index >= 15 is 0 Å². The fraction of sp³-hybridized carbons (Fsp3) is 0.889. The molecule has 1 unspecified atom stereocenters. The van der Waals surface area contributed by atoms with Gasteiger partial charge in [-0.05, 0) is 20.3 Å². The minimum atomic E-state index is -3.97. The highest BCUT2D eigenvalue weighted by atomic mass is 31.2. The van der Waals surface area contributed by atoms with Crippen LogP contribution in [0.15, 0.2) is 0 Å². The molecule has 0 saturated heterocycles. The predicted octanol–water partition coefficient (Wildman–Crippen LogP) is 1.73. The Bertz CT molecular complexity index is 275. The van der Waals surface area contributed by atoms with Crippen molar-refractivity contribution in [1.29, 1.82) is 0 Å². The molecule has 0 aromatic heterocycles. The monoisotopic (exact) mass is 254 g/mol. The van der Waals surface area contributed by atoms with Crippen LogP contribution in [0.1, 0.15) is 27.2 Å². The molecule has 7 heteroatoms. The molecular weight excluding hydrogens is 235 g/mol. The average Bonchev–Trinajstić information content (AvgIpc) is 2.24. The molecule has 1 N–H and O–H groups in total. The summed E-state index contributed by atoms with van der Waals surface area (Å²) in [5.41, 5.74) is -0.551. The number of phosphoric ester groups is 1. The van der Waals surface area contributed by atoms with Crippen LogP contribution in [-0.4, -0.2) is 31.2 Å². The Balaban J connectivity index is 3.85. The van der Waals surface area contributed by atoms with Gasteiger partial charge in [0.2, 0.25) is 0 Å². The van der Waals surface area contributed by atoms with Crippen molar-refractivity contribution in [2.45, 2.75) is 27.2 Å². The van der Waals surface area contributed by atoms with E-state index in [1.807, 2.05) is 6.92 Å². The van der Waals surface area contributed by atoms with Crippen molar-refractivity contribution in [1.82, 2.24) is 0 Å². The number of esters is 1. The molecule has 0 rings (SSSR count). The van der Waals surface area contributed by atoms with Gasteiger partial charge in [0.05, 0.1) is 12.0 Å². The van der Waals surface area contributed by atoms with Gasteiger partial charge in [-0.15, -0.1) is 0 Å². The maximum absolute atomic E-state index is 11.4. The van der Waals surface area contributed by atoms with Crippen LogP contribution in [-0.2, 0) is 23.1 Å². The highest BCUT2D eigenvalue weighted by Gasteiger charge is 2.27. The normalized spacial score (nSPS) is 15.6. The Hall–Kier alpha value is -0.420. The number of hydrogen-bond acceptors (Lipinski definition) is 5. The molecule has 0 spiro atoms. The summed E-state index contributed by atoms with van der Waals surface area (Å²) in [6.07, 6.45) is 0.656. The van der Waals surface area contributed by atoms with E-state index in [0.29, 0.717) is 6.42 Å². The lowest BCUT2D eigenvalue weighted by Crippen LogP contribution is -2.26. The van der Waals surface area contributed by atoms with Crippen molar-refractivity contribution >= 4 is 13.8 Å². The fourth-order valence-corrected chi connectivity index (χ4v) is 1.09. The first-order chi connectivity index (χ1) is 7.25. The molecule has 0 heterocycles. The molecule has 0 aliphatic carbocycles. The van der Waals surface area contributed by atoms with Gasteiger partial charge in [0.1, 0.15) is 6.61 Å². The third-order valence-corrected chi connectivity index (χ3v) is 3.21. The van der Waals surface area contributed by atoms with Gasteiger partial charge in [0.15, 0.2) is 0 Å². The Labute approximate surface area is 95.5 Å². The average molecular weight is 254 g/mol. The van der Waals surface area contributed by atoms with Gasteiger partial charge in [0.25, 0.3) is 0 Å². The lowest BCUT2D eigenvalue weighted by molar-refractivity contribution is -0.155. The Morgan fingerprint density at radius 1 is 1.38 bits per heavy atom. The Morgan fingerprint density at radius 2 is 1.94 bits per heavy atom. The van der Waals surface area contributed by atoms with E-state index in [4.69, 9.17) is 9.63 Å². The Morgan fingerprint density at radius 3 is 2.38 bits per heavy atom. The summed E-state index contributed by atoms with van der Waals surface area (Å²) in [4.78, 5) is 20.3. The summed E-state index contributed by atoms with van der Waals surface area (Å²) in [6, 6.07) is 0. The van der Waals surface area contributed by atoms with E-state index < -0.39 is 13.2 Å². The minimum Gasteiger partial charge on any atom is -0.463 e. The third-order valence-electron chi connectivity index (χ3n) is 2.24. The van der Waals surface area contributed by atoms with Crippen LogP contribution >= 0.6 is 7.82 Å². The highest BCUT2D eigenvalue weighted by Crippen LogP contribution is 2.41. The van der Waals surface area contributed by atoms with Crippen LogP contribution in [0.4, 0.5) is 0 Å². The molecule has 0 saturated carbocycles. The van der Waals surface area contributed by atoms with E-state index in [9.17, 15) is 9.36 Å². The maximum Gasteiger partial charge on any atom is 0.472 e. The highest BCUT2D eigenvalue weighted by molar-refractivity contribution is 7.47. The molecule has 0 fully saturated rings. The van der Waals surface area contributed by atoms with Gasteiger partial charge in [-0.25, -0.2) is 4.57 Å². The summed E-state index contributed by atoms with van der Waals surface area (Å²) in [7, 11) is -2.91. The molecule has 1 atom stereocenters. The maximum atomic E-state index is 11.4. The third kappa shape index (κ3) is 5.61. The first-order valence-electron chi connectivity index (χ1n) is 4.95. The quantitative estimate of drug-likeness (QED) is 0.423. The van der Waals surface area contributed by atoms with E-state index in [1.165, 1.54) is 0 Å². The summed E-state index contributed by atoms with van der Waals surface area (Å²) >= 11 is 0. The van der Waals surface area contributed by atoms with Gasteiger partial charge >= 0.3 is 13.8 Å². The molecule has 0 aromatic carbocycles. The van der Waals surface area contributed by atoms with Crippen molar-refractivity contribution in [2.24, 2.45) is 5.41 Å². The van der Waals surface area contributed by atoms with E-state index in [-0.39, 0.29) is 19.2 Å². The Kier molecular flexibility index (Phi) is 6.18. The molecule has 96 valence electrons. The van der Waals surface area contributed by atoms with Crippen LogP contribution in [0.2, 0.25) is 0 Å². The summed E-state index contributed by atoms with van der Waals surface area (Å²) in [6.45, 7) is 5.17. The summed E-state index contributed by atoms with van der Waals surface area (Å²) in [5.74, 6) is -0.358. The zero-order valence-electron chi connectivity index (χ0n) is 10.1. The molecule has 0 aliphatic rings. The molecule has 0 bridgehead atoms. The van der Waals surface area contributed by atoms with E-state index in [0.717, 1.165) is 7.11 Å². The van der Waals surface area contributed by atoms with Crippen LogP contribution in [0.5, 0.6) is 0 Å². The second-order valence-electron chi connectivity index (χ2n) is 3.86. The van der Waals surface area contributed by atoms with Gasteiger partial charge < -0.3 is 9.63 Å². The lowest BCUT2D eigenvalue weighted by atomic mass is 9.91. The number of ether oxygens (including phenoxy) is 1. The molecule has 0 aromatic rings. The van der Waals surface area contributed by atoms with Crippen LogP contribution < -0.4 is 0 Å². The number of carbonyl (C=O) groups is 1. The van der Waals surface area contributed by atoms with Gasteiger partial charge in [-0.1, -0.05) is 6.92 Å². The predicted molar refractivity (Wildman–Crippen MR) is 57.8 cm³/mol. The lowest BCUT2D eigenvalue weighted by Gasteiger charge is -2.20. The van der Waals surface area contributed by atoms with Gasteiger partial charge in [-0.2, -0.15) is 0 Å². The first kappa shape index (κ1) is 15.6. The zero-order chi connectivity index (χ0) is 12.8. The number of phosphoric acid groups is 1. The molecule has 16 heavy (non-hydrogen) atoms. The van der Waals surface area contributed by atoms with E-state index in [1.54, 1.807) is 13.8 Å². The largest absolute Gasteiger partial charge is 0.472 e. The van der Waals surface area contributed by atoms with Gasteiger partial charge in [-0.3, -0.25) is 13.8 Å². The number of hydrogen-bond donors (Lipinski definition) is 1. The number of carbonyl (C=O) groups excluding carboxylic acids is 1. The summed E-state index contributed by atoms with van der Waals surface area (Å²) in [5, 5.41) is 0. The molecular formula is C9H19O6P. The smallest absolute Gasteiger partial charge is 0.463 e. The molecule has 6 nitrogen and oxygen atoms in total. The van der Waals surface area contributed by atoms with Crippen molar-refractivity contribution in [3.8, 4) is 0 Å². The zero-order valence-corrected chi connectivity index (χ0v) is 11.0. The molecule has 0 radical (unpaired) electrons. The van der Waals surface area contributed by atoms with Crippen molar-refractivity contribution in [3.63, 3.8) is 0 Å². The molecule has 0 amide bonds. The standard InChI is InChI=1S/C9H19O6P/c1-5-9(2,3)8(10)14-6-7-15-16(11,12)13-4/h5-7H2,1-4H3,(H,11,12). The van der Waals surface area contributed by atoms with Crippen molar-refractivity contribution in [3.05, 3.63) is 0 Å². The van der Waals surface area contributed by atoms with E-state index in [2.05, 4.69) is 9.05 Å². The second kappa shape index (κ2) is 6.35. The van der Waals surface area contributed by atoms with Crippen LogP contribution in [0.3, 0.4) is 0 Å². The van der Waals surface area contributed by atoms with Crippen molar-refractivity contribution in [2.75, 3.05) is 20.3 Å². The number of rotatable bonds is 7. The first-order valence-corrected chi connectivity index (χ1v) is 6.45. The SMILES string of the molecule is CCC(C)(C)C(=O)OCCOP(=O)(O)OC. The fourth-order valence-electron chi connectivity index (χ4n) is 0.679. The molecule has 0 aliphatic heterocycles. The second-order valence-corrected chi connectivity index (χ2v) is 5.42. The topological polar surface area (TPSA) is 82.1 Å². The summed E-state index contributed by atoms with van der Waals surface area (Å²) < 4.78 is 24.4. The minimum absolute atomic E-state index is 0.0732. The van der Waals surface area contributed by atoms with Gasteiger partial charge in [0, 0.05) is 7.11 Å². The van der Waals surface area contributed by atoms with Crippen LogP contribution in [0, 0.1) is 5.41 Å². The van der Waals surface area contributed by atoms with Crippen molar-refractivity contribution < 1.29 is 28.0 Å². The van der Waals surface area contributed by atoms with Crippen LogP contribution in [0.25, 0.3) is 0 Å².